The Bertz CT molecular complexity index is 914. The summed E-state index contributed by atoms with van der Waals surface area (Å²) in [5.74, 6) is -1.25. The molecule has 0 amide bonds. The average Bonchev–Trinajstić information content (AvgIpc) is 2.53. The quantitative estimate of drug-likeness (QED) is 0.340. The normalized spacial score (nSPS) is 16.5. The summed E-state index contributed by atoms with van der Waals surface area (Å²) in [6, 6.07) is 9.10. The van der Waals surface area contributed by atoms with E-state index in [2.05, 4.69) is 5.73 Å². The van der Waals surface area contributed by atoms with Crippen LogP contribution in [-0.4, -0.2) is 3.79 Å². The Morgan fingerprint density at radius 2 is 1.88 bits per heavy atom. The van der Waals surface area contributed by atoms with Gasteiger partial charge in [0.2, 0.25) is 3.79 Å². The molecule has 0 saturated heterocycles. The first-order chi connectivity index (χ1) is 11.5. The predicted molar refractivity (Wildman–Crippen MR) is 99.2 cm³/mol. The van der Waals surface area contributed by atoms with Gasteiger partial charge in [-0.15, -0.1) is 5.73 Å². The maximum atomic E-state index is 14.4. The number of hydrogen-bond donors (Lipinski definition) is 0. The van der Waals surface area contributed by atoms with E-state index in [1.54, 1.807) is 47.7 Å². The third kappa shape index (κ3) is 3.12. The zero-order chi connectivity index (χ0) is 17.3. The molecule has 0 unspecified atom stereocenters. The summed E-state index contributed by atoms with van der Waals surface area (Å²) < 4.78 is 28.7. The maximum absolute atomic E-state index is 14.4. The summed E-state index contributed by atoms with van der Waals surface area (Å²) in [4.78, 5) is 11.7. The number of carbonyl (C=O) groups is 1. The lowest BCUT2D eigenvalue weighted by molar-refractivity contribution is 0.110. The van der Waals surface area contributed by atoms with E-state index in [1.165, 1.54) is 18.2 Å². The molecular formula is C20H13F2IO. The Kier molecular flexibility index (Phi) is 4.78. The van der Waals surface area contributed by atoms with Gasteiger partial charge in [-0.05, 0) is 66.0 Å². The van der Waals surface area contributed by atoms with E-state index < -0.39 is 11.6 Å². The van der Waals surface area contributed by atoms with E-state index in [-0.39, 0.29) is 9.35 Å². The van der Waals surface area contributed by atoms with E-state index in [0.29, 0.717) is 28.7 Å². The van der Waals surface area contributed by atoms with Crippen molar-refractivity contribution in [2.45, 2.75) is 13.3 Å². The van der Waals surface area contributed by atoms with Crippen molar-refractivity contribution in [3.05, 3.63) is 93.7 Å². The Morgan fingerprint density at radius 1 is 1.17 bits per heavy atom. The molecule has 2 aromatic carbocycles. The third-order valence-electron chi connectivity index (χ3n) is 3.95. The van der Waals surface area contributed by atoms with Gasteiger partial charge in [-0.2, -0.15) is 0 Å². The highest BCUT2D eigenvalue weighted by Gasteiger charge is 2.21. The van der Waals surface area contributed by atoms with Crippen LogP contribution in [0, 0.1) is 11.6 Å². The van der Waals surface area contributed by atoms with Gasteiger partial charge in [-0.25, -0.2) is 8.78 Å². The van der Waals surface area contributed by atoms with Crippen LogP contribution in [-0.2, 0) is 6.42 Å². The van der Waals surface area contributed by atoms with Crippen molar-refractivity contribution >= 4 is 32.0 Å². The van der Waals surface area contributed by atoms with E-state index >= 15 is 0 Å². The van der Waals surface area contributed by atoms with Crippen molar-refractivity contribution < 1.29 is 13.6 Å². The molecule has 0 fully saturated rings. The lowest BCUT2D eigenvalue weighted by Gasteiger charge is -2.18. The minimum absolute atomic E-state index is 0.0748. The van der Waals surface area contributed by atoms with Gasteiger partial charge in [0.05, 0.1) is 5.56 Å². The number of allylic oxidation sites excluding steroid dienone is 2. The van der Waals surface area contributed by atoms with Gasteiger partial charge < -0.3 is 0 Å². The Hall–Kier alpha value is -2.04. The molecule has 24 heavy (non-hydrogen) atoms. The first-order valence-corrected chi connectivity index (χ1v) is 8.46. The Balaban J connectivity index is 2.38. The molecule has 0 heterocycles. The van der Waals surface area contributed by atoms with Crippen LogP contribution in [0.25, 0.3) is 5.57 Å². The second-order valence-corrected chi connectivity index (χ2v) is 6.50. The zero-order valence-electron chi connectivity index (χ0n) is 12.9. The second-order valence-electron chi connectivity index (χ2n) is 5.52. The molecule has 1 nitrogen and oxygen atoms in total. The molecular weight excluding hydrogens is 421 g/mol. The first kappa shape index (κ1) is 16.8. The summed E-state index contributed by atoms with van der Waals surface area (Å²) in [6.45, 7) is 1.79. The highest BCUT2D eigenvalue weighted by atomic mass is 127. The van der Waals surface area contributed by atoms with Crippen molar-refractivity contribution in [2.75, 3.05) is 0 Å². The topological polar surface area (TPSA) is 17.1 Å². The van der Waals surface area contributed by atoms with Crippen LogP contribution in [0.4, 0.5) is 8.78 Å². The van der Waals surface area contributed by atoms with Crippen LogP contribution in [0.15, 0.2) is 59.9 Å². The summed E-state index contributed by atoms with van der Waals surface area (Å²) in [6.07, 6.45) is 4.15. The highest BCUT2D eigenvalue weighted by Crippen LogP contribution is 2.35. The van der Waals surface area contributed by atoms with Crippen molar-refractivity contribution in [1.29, 1.82) is 0 Å². The monoisotopic (exact) mass is 434 g/mol. The van der Waals surface area contributed by atoms with Crippen LogP contribution in [0.1, 0.15) is 34.0 Å². The fraction of sp³-hybridized carbons (Fsp3) is 0.100. The van der Waals surface area contributed by atoms with Gasteiger partial charge in [0.25, 0.3) is 0 Å². The maximum Gasteiger partial charge on any atom is 0.222 e. The molecule has 4 heteroatoms. The molecule has 0 aliphatic heterocycles. The van der Waals surface area contributed by atoms with Crippen molar-refractivity contribution in [3.63, 3.8) is 0 Å². The summed E-state index contributed by atoms with van der Waals surface area (Å²) in [5.41, 5.74) is 6.18. The summed E-state index contributed by atoms with van der Waals surface area (Å²) >= 11 is 1.71. The van der Waals surface area contributed by atoms with Gasteiger partial charge in [0.15, 0.2) is 0 Å². The standard InChI is InChI=1S/C20H13F2IO/c1-12-5-2-3-6-13-9-10-14(20(23)24)11-15(13)18(12)19-16(21)7-4-8-17(19)22/h3-5,7-11H,6H2,1H3/b18-12+. The minimum atomic E-state index is -0.626. The number of carbonyl (C=O) groups excluding carboxylic acids is 1. The van der Waals surface area contributed by atoms with Gasteiger partial charge in [-0.3, -0.25) is 4.79 Å². The smallest absolute Gasteiger partial charge is 0.222 e. The molecule has 0 saturated carbocycles. The van der Waals surface area contributed by atoms with Gasteiger partial charge in [0.1, 0.15) is 11.6 Å². The largest absolute Gasteiger partial charge is 0.282 e. The van der Waals surface area contributed by atoms with Crippen LogP contribution in [0.3, 0.4) is 0 Å². The second kappa shape index (κ2) is 6.83. The number of fused-ring (bicyclic) bond motifs is 1. The van der Waals surface area contributed by atoms with E-state index in [0.717, 1.165) is 5.56 Å². The summed E-state index contributed by atoms with van der Waals surface area (Å²) in [5, 5.41) is 0. The zero-order valence-corrected chi connectivity index (χ0v) is 15.0. The van der Waals surface area contributed by atoms with Gasteiger partial charge in [-0.1, -0.05) is 18.2 Å². The van der Waals surface area contributed by atoms with Crippen LogP contribution >= 0.6 is 22.6 Å². The number of benzene rings is 2. The molecule has 120 valence electrons. The highest BCUT2D eigenvalue weighted by molar-refractivity contribution is 14.1. The number of hydrogen-bond acceptors (Lipinski definition) is 1. The minimum Gasteiger partial charge on any atom is -0.282 e. The number of halogens is 3. The predicted octanol–water partition coefficient (Wildman–Crippen LogP) is 5.63. The molecule has 1 aliphatic rings. The van der Waals surface area contributed by atoms with E-state index in [9.17, 15) is 13.6 Å². The molecule has 0 aromatic heterocycles. The molecule has 0 atom stereocenters. The molecule has 0 N–H and O–H groups in total. The Morgan fingerprint density at radius 3 is 2.54 bits per heavy atom. The fourth-order valence-electron chi connectivity index (χ4n) is 2.82. The van der Waals surface area contributed by atoms with Crippen LogP contribution in [0.5, 0.6) is 0 Å². The molecule has 0 spiro atoms. The number of rotatable bonds is 2. The van der Waals surface area contributed by atoms with Crippen molar-refractivity contribution in [3.8, 4) is 0 Å². The molecule has 3 rings (SSSR count). The molecule has 1 aliphatic carbocycles. The van der Waals surface area contributed by atoms with Crippen LogP contribution < -0.4 is 0 Å². The van der Waals surface area contributed by atoms with Crippen LogP contribution in [0.2, 0.25) is 0 Å². The average molecular weight is 434 g/mol. The Labute approximate surface area is 152 Å². The van der Waals surface area contributed by atoms with Gasteiger partial charge in [0, 0.05) is 28.2 Å². The SMILES string of the molecule is C/C1=C(\c2c(F)cccc2F)c2cc(C(=O)I)ccc2CC=C=C1. The van der Waals surface area contributed by atoms with Gasteiger partial charge >= 0.3 is 0 Å². The van der Waals surface area contributed by atoms with E-state index in [1.807, 2.05) is 12.1 Å². The van der Waals surface area contributed by atoms with Crippen molar-refractivity contribution in [2.24, 2.45) is 0 Å². The lowest BCUT2D eigenvalue weighted by atomic mass is 9.87. The van der Waals surface area contributed by atoms with Crippen molar-refractivity contribution in [1.82, 2.24) is 0 Å². The van der Waals surface area contributed by atoms with E-state index in [4.69, 9.17) is 0 Å². The lowest BCUT2D eigenvalue weighted by Crippen LogP contribution is -2.04. The third-order valence-corrected chi connectivity index (χ3v) is 4.58. The molecule has 0 bridgehead atoms. The first-order valence-electron chi connectivity index (χ1n) is 7.38. The summed E-state index contributed by atoms with van der Waals surface area (Å²) in [7, 11) is 0. The fourth-order valence-corrected chi connectivity index (χ4v) is 3.15. The molecule has 0 radical (unpaired) electrons. The molecule has 2 aromatic rings.